The highest BCUT2D eigenvalue weighted by molar-refractivity contribution is 5.78. The summed E-state index contributed by atoms with van der Waals surface area (Å²) in [6.45, 7) is 6.22. The maximum absolute atomic E-state index is 14.4. The number of aliphatic imine (C=N–C) groups is 1. The molecular weight excluding hydrogens is 335 g/mol. The van der Waals surface area contributed by atoms with Gasteiger partial charge in [-0.3, -0.25) is 4.57 Å². The number of para-hydroxylation sites is 1. The molecule has 2 aliphatic rings. The first-order valence-electron chi connectivity index (χ1n) is 8.32. The molecule has 26 heavy (non-hydrogen) atoms. The van der Waals surface area contributed by atoms with Gasteiger partial charge in [0.15, 0.2) is 12.0 Å². The van der Waals surface area contributed by atoms with Crippen LogP contribution >= 0.6 is 0 Å². The number of hydrogen-bond acceptors (Lipinski definition) is 6. The van der Waals surface area contributed by atoms with Crippen LogP contribution in [0.2, 0.25) is 0 Å². The van der Waals surface area contributed by atoms with Crippen molar-refractivity contribution in [3.05, 3.63) is 54.0 Å². The largest absolute Gasteiger partial charge is 0.295 e. The summed E-state index contributed by atoms with van der Waals surface area (Å²) in [5.74, 6) is 0.580. The van der Waals surface area contributed by atoms with Gasteiger partial charge < -0.3 is 0 Å². The van der Waals surface area contributed by atoms with Crippen molar-refractivity contribution in [3.8, 4) is 5.69 Å². The van der Waals surface area contributed by atoms with Crippen LogP contribution < -0.4 is 10.1 Å². The summed E-state index contributed by atoms with van der Waals surface area (Å²) >= 11 is 0. The van der Waals surface area contributed by atoms with E-state index in [4.69, 9.17) is 0 Å². The number of hydrazine groups is 1. The molecule has 9 heteroatoms. The first-order chi connectivity index (χ1) is 12.4. The van der Waals surface area contributed by atoms with E-state index < -0.39 is 6.08 Å². The van der Waals surface area contributed by atoms with Gasteiger partial charge in [-0.05, 0) is 11.3 Å². The quantitative estimate of drug-likeness (QED) is 0.672. The third-order valence-corrected chi connectivity index (χ3v) is 4.61. The molecule has 0 radical (unpaired) electrons. The Hall–Kier alpha value is -3.23. The molecule has 1 atom stereocenters. The van der Waals surface area contributed by atoms with E-state index in [0.717, 1.165) is 16.9 Å². The Bertz CT molecular complexity index is 1030. The Kier molecular flexibility index (Phi) is 2.84. The van der Waals surface area contributed by atoms with Gasteiger partial charge in [-0.15, -0.1) is 9.89 Å². The number of nitrogens with zero attached hydrogens (tertiary/aromatic N) is 8. The topological polar surface area (TPSA) is 67.4 Å². The molecule has 0 amide bonds. The van der Waals surface area contributed by atoms with E-state index >= 15 is 0 Å². The number of aromatic nitrogens is 5. The van der Waals surface area contributed by atoms with Crippen molar-refractivity contribution in [1.29, 1.82) is 0 Å². The van der Waals surface area contributed by atoms with Crippen molar-refractivity contribution in [2.24, 2.45) is 4.99 Å². The minimum Gasteiger partial charge on any atom is -0.253 e. The van der Waals surface area contributed by atoms with E-state index in [2.05, 4.69) is 41.1 Å². The summed E-state index contributed by atoms with van der Waals surface area (Å²) in [6.07, 6.45) is 4.15. The zero-order chi connectivity index (χ0) is 18.1. The lowest BCUT2D eigenvalue weighted by atomic mass is 9.93. The predicted molar refractivity (Wildman–Crippen MR) is 94.2 cm³/mol. The molecule has 0 saturated heterocycles. The lowest BCUT2D eigenvalue weighted by Gasteiger charge is -2.36. The molecule has 0 fully saturated rings. The van der Waals surface area contributed by atoms with E-state index in [1.165, 1.54) is 10.8 Å². The van der Waals surface area contributed by atoms with E-state index in [1.54, 1.807) is 16.2 Å². The van der Waals surface area contributed by atoms with Crippen LogP contribution in [0.3, 0.4) is 0 Å². The Morgan fingerprint density at radius 1 is 1.15 bits per heavy atom. The van der Waals surface area contributed by atoms with Crippen molar-refractivity contribution in [2.45, 2.75) is 32.4 Å². The Morgan fingerprint density at radius 3 is 2.73 bits per heavy atom. The number of anilines is 1. The Morgan fingerprint density at radius 2 is 1.96 bits per heavy atom. The molecule has 8 nitrogen and oxygen atoms in total. The van der Waals surface area contributed by atoms with Gasteiger partial charge in [0.2, 0.25) is 0 Å². The molecule has 2 aromatic heterocycles. The third-order valence-electron chi connectivity index (χ3n) is 4.61. The number of hydrogen-bond donors (Lipinski definition) is 0. The van der Waals surface area contributed by atoms with Gasteiger partial charge in [0.1, 0.15) is 6.34 Å². The van der Waals surface area contributed by atoms with Gasteiger partial charge in [-0.2, -0.15) is 9.51 Å². The first kappa shape index (κ1) is 15.1. The lowest BCUT2D eigenvalue weighted by Crippen LogP contribution is -2.49. The highest BCUT2D eigenvalue weighted by atomic mass is 19.1. The van der Waals surface area contributed by atoms with Crippen molar-refractivity contribution in [3.63, 3.8) is 0 Å². The second kappa shape index (κ2) is 4.90. The molecular formula is C17H17FN8. The highest BCUT2D eigenvalue weighted by Crippen LogP contribution is 2.41. The summed E-state index contributed by atoms with van der Waals surface area (Å²) in [5.41, 5.74) is 2.36. The van der Waals surface area contributed by atoms with E-state index in [0.29, 0.717) is 5.82 Å². The second-order valence-corrected chi connectivity index (χ2v) is 7.36. The van der Waals surface area contributed by atoms with E-state index in [1.807, 2.05) is 35.5 Å². The van der Waals surface area contributed by atoms with Gasteiger partial charge in [0.25, 0.3) is 6.08 Å². The fourth-order valence-electron chi connectivity index (χ4n) is 3.26. The summed E-state index contributed by atoms with van der Waals surface area (Å²) in [7, 11) is 0. The van der Waals surface area contributed by atoms with Gasteiger partial charge in [0, 0.05) is 11.0 Å². The molecule has 0 saturated carbocycles. The van der Waals surface area contributed by atoms with Gasteiger partial charge in [0.05, 0.1) is 23.8 Å². The Labute approximate surface area is 149 Å². The van der Waals surface area contributed by atoms with Crippen LogP contribution in [0.5, 0.6) is 0 Å². The number of fused-ring (bicyclic) bond motifs is 6. The van der Waals surface area contributed by atoms with Crippen molar-refractivity contribution >= 4 is 12.2 Å². The molecule has 4 heterocycles. The fourth-order valence-corrected chi connectivity index (χ4v) is 3.26. The molecule has 0 aliphatic carbocycles. The molecule has 0 spiro atoms. The average Bonchev–Trinajstić information content (AvgIpc) is 3.31. The second-order valence-electron chi connectivity index (χ2n) is 7.36. The van der Waals surface area contributed by atoms with E-state index in [-0.39, 0.29) is 11.6 Å². The molecule has 132 valence electrons. The average molecular weight is 352 g/mol. The van der Waals surface area contributed by atoms with Crippen LogP contribution in [0.1, 0.15) is 38.2 Å². The lowest BCUT2D eigenvalue weighted by molar-refractivity contribution is 0.495. The minimum atomic E-state index is -0.563. The van der Waals surface area contributed by atoms with Gasteiger partial charge in [-0.25, -0.2) is 15.0 Å². The number of imidazole rings is 1. The summed E-state index contributed by atoms with van der Waals surface area (Å²) < 4.78 is 15.9. The van der Waals surface area contributed by atoms with Gasteiger partial charge >= 0.3 is 0 Å². The number of halogens is 1. The first-order valence-corrected chi connectivity index (χ1v) is 8.32. The standard InChI is InChI=1S/C17H17FN8/c1-17(2,3)13-9-23(22-21-13)24-10-20-15-11-6-4-5-7-12(11)25-14(26(15)24)8-19-16(25)18/h4-10,15H,1-3H3. The highest BCUT2D eigenvalue weighted by Gasteiger charge is 2.40. The zero-order valence-corrected chi connectivity index (χ0v) is 14.6. The molecule has 0 bridgehead atoms. The maximum atomic E-state index is 14.4. The van der Waals surface area contributed by atoms with Crippen LogP contribution in [0, 0.1) is 6.08 Å². The van der Waals surface area contributed by atoms with E-state index in [9.17, 15) is 4.39 Å². The third kappa shape index (κ3) is 1.94. The van der Waals surface area contributed by atoms with Crippen LogP contribution in [0.15, 0.2) is 41.7 Å². The fraction of sp³-hybridized carbons (Fsp3) is 0.294. The number of rotatable bonds is 1. The predicted octanol–water partition coefficient (Wildman–Crippen LogP) is 2.31. The normalized spacial score (nSPS) is 18.1. The zero-order valence-electron chi connectivity index (χ0n) is 14.6. The van der Waals surface area contributed by atoms with Crippen molar-refractivity contribution in [1.82, 2.24) is 24.7 Å². The van der Waals surface area contributed by atoms with Crippen molar-refractivity contribution in [2.75, 3.05) is 10.1 Å². The smallest absolute Gasteiger partial charge is 0.253 e. The van der Waals surface area contributed by atoms with Crippen LogP contribution in [-0.2, 0) is 5.41 Å². The Balaban J connectivity index is 1.64. The summed E-state index contributed by atoms with van der Waals surface area (Å²) in [6, 6.07) is 7.60. The SMILES string of the molecule is CC(C)(C)c1cn(N2C=NC3c4ccccc4-n4c(cnc4F)N32)nn1. The van der Waals surface area contributed by atoms with Crippen LogP contribution in [-0.4, -0.2) is 31.0 Å². The molecule has 2 aliphatic heterocycles. The molecule has 1 aromatic carbocycles. The monoisotopic (exact) mass is 352 g/mol. The molecule has 1 unspecified atom stereocenters. The van der Waals surface area contributed by atoms with Crippen LogP contribution in [0.25, 0.3) is 5.69 Å². The number of benzene rings is 1. The maximum Gasteiger partial charge on any atom is 0.295 e. The molecule has 3 aromatic rings. The molecule has 0 N–H and O–H groups in total. The molecule has 5 rings (SSSR count). The van der Waals surface area contributed by atoms with Crippen molar-refractivity contribution < 1.29 is 4.39 Å². The van der Waals surface area contributed by atoms with Gasteiger partial charge in [-0.1, -0.05) is 39.0 Å². The summed E-state index contributed by atoms with van der Waals surface area (Å²) in [4.78, 5) is 10.1. The minimum absolute atomic E-state index is 0.128. The van der Waals surface area contributed by atoms with Crippen LogP contribution in [0.4, 0.5) is 10.2 Å². The summed E-state index contributed by atoms with van der Waals surface area (Å²) in [5, 5.41) is 12.1.